The molecule has 0 spiro atoms. The second-order valence-corrected chi connectivity index (χ2v) is 8.67. The third-order valence-corrected chi connectivity index (χ3v) is 6.06. The van der Waals surface area contributed by atoms with Crippen molar-refractivity contribution in [3.8, 4) is 16.9 Å². The number of aromatic nitrogens is 3. The van der Waals surface area contributed by atoms with Crippen LogP contribution < -0.4 is 10.6 Å². The van der Waals surface area contributed by atoms with E-state index in [1.54, 1.807) is 47.4 Å². The first-order valence-corrected chi connectivity index (χ1v) is 12.2. The van der Waals surface area contributed by atoms with Crippen molar-refractivity contribution in [1.82, 2.24) is 20.1 Å². The van der Waals surface area contributed by atoms with Gasteiger partial charge in [0.05, 0.1) is 23.0 Å². The van der Waals surface area contributed by atoms with Crippen molar-refractivity contribution in [3.05, 3.63) is 103 Å². The van der Waals surface area contributed by atoms with E-state index < -0.39 is 0 Å². The van der Waals surface area contributed by atoms with Crippen LogP contribution in [0.25, 0.3) is 23.0 Å². The van der Waals surface area contributed by atoms with Gasteiger partial charge in [0, 0.05) is 48.9 Å². The summed E-state index contributed by atoms with van der Waals surface area (Å²) in [6, 6.07) is 20.5. The Morgan fingerprint density at radius 2 is 1.89 bits per heavy atom. The van der Waals surface area contributed by atoms with Crippen LogP contribution in [0.3, 0.4) is 0 Å². The van der Waals surface area contributed by atoms with Gasteiger partial charge in [0.15, 0.2) is 0 Å². The highest BCUT2D eigenvalue weighted by molar-refractivity contribution is 6.07. The van der Waals surface area contributed by atoms with Gasteiger partial charge in [-0.3, -0.25) is 14.6 Å². The molecular weight excluding hydrogens is 466 g/mol. The van der Waals surface area contributed by atoms with Crippen LogP contribution in [0.4, 0.5) is 5.69 Å². The number of benzene rings is 2. The standard InChI is InChI=1S/C29H27N5O3/c35-27(32-26-13-5-4-12-25(26)29(36)31-19-24-11-7-17-37-24)15-14-22-20-34(23-9-2-1-3-10-23)33-28(22)21-8-6-16-30-18-21/h1-6,8-10,12-16,18,20,24H,7,11,17,19H2,(H,31,36)(H,32,35)/b15-14+. The first kappa shape index (κ1) is 24.1. The van der Waals surface area contributed by atoms with Crippen LogP contribution in [0.15, 0.2) is 91.4 Å². The SMILES string of the molecule is O=C(/C=C/c1cn(-c2ccccc2)nc1-c1cccnc1)Nc1ccccc1C(=O)NCC1CCCO1. The highest BCUT2D eigenvalue weighted by Gasteiger charge is 2.18. The quantitative estimate of drug-likeness (QED) is 0.352. The summed E-state index contributed by atoms with van der Waals surface area (Å²) in [5, 5.41) is 10.5. The van der Waals surface area contributed by atoms with E-state index in [1.807, 2.05) is 48.7 Å². The summed E-state index contributed by atoms with van der Waals surface area (Å²) < 4.78 is 7.35. The molecule has 2 amide bonds. The minimum atomic E-state index is -0.357. The topological polar surface area (TPSA) is 98.1 Å². The molecule has 0 aliphatic carbocycles. The van der Waals surface area contributed by atoms with Crippen molar-refractivity contribution in [1.29, 1.82) is 0 Å². The van der Waals surface area contributed by atoms with Crippen molar-refractivity contribution >= 4 is 23.6 Å². The number of hydrogen-bond donors (Lipinski definition) is 2. The molecule has 1 aliphatic heterocycles. The number of anilines is 1. The van der Waals surface area contributed by atoms with Crippen molar-refractivity contribution in [3.63, 3.8) is 0 Å². The molecule has 2 aromatic carbocycles. The number of nitrogens with one attached hydrogen (secondary N) is 2. The zero-order chi connectivity index (χ0) is 25.5. The first-order valence-electron chi connectivity index (χ1n) is 12.2. The molecule has 1 fully saturated rings. The van der Waals surface area contributed by atoms with Gasteiger partial charge in [-0.2, -0.15) is 5.10 Å². The number of carbonyl (C=O) groups is 2. The van der Waals surface area contributed by atoms with E-state index in [1.165, 1.54) is 6.08 Å². The maximum Gasteiger partial charge on any atom is 0.253 e. The molecule has 186 valence electrons. The van der Waals surface area contributed by atoms with E-state index >= 15 is 0 Å². The molecule has 8 nitrogen and oxygen atoms in total. The fraction of sp³-hybridized carbons (Fsp3) is 0.172. The monoisotopic (exact) mass is 493 g/mol. The van der Waals surface area contributed by atoms with Gasteiger partial charge in [0.25, 0.3) is 5.91 Å². The van der Waals surface area contributed by atoms with Crippen LogP contribution in [0, 0.1) is 0 Å². The summed E-state index contributed by atoms with van der Waals surface area (Å²) in [4.78, 5) is 29.8. The lowest BCUT2D eigenvalue weighted by atomic mass is 10.1. The third-order valence-electron chi connectivity index (χ3n) is 6.06. The van der Waals surface area contributed by atoms with Crippen LogP contribution in [0.5, 0.6) is 0 Å². The molecule has 3 heterocycles. The molecule has 1 atom stereocenters. The number of carbonyl (C=O) groups excluding carboxylic acids is 2. The van der Waals surface area contributed by atoms with E-state index in [2.05, 4.69) is 15.6 Å². The Balaban J connectivity index is 1.33. The number of nitrogens with zero attached hydrogens (tertiary/aromatic N) is 3. The van der Waals surface area contributed by atoms with Crippen LogP contribution in [0.1, 0.15) is 28.8 Å². The Labute approximate surface area is 215 Å². The number of ether oxygens (including phenoxy) is 1. The molecule has 5 rings (SSSR count). The van der Waals surface area contributed by atoms with Crippen LogP contribution in [-0.2, 0) is 9.53 Å². The minimum absolute atomic E-state index is 0.0412. The van der Waals surface area contributed by atoms with Crippen LogP contribution >= 0.6 is 0 Å². The van der Waals surface area contributed by atoms with E-state index in [4.69, 9.17) is 9.84 Å². The van der Waals surface area contributed by atoms with Gasteiger partial charge in [-0.25, -0.2) is 4.68 Å². The van der Waals surface area contributed by atoms with Gasteiger partial charge >= 0.3 is 0 Å². The molecule has 8 heteroatoms. The second kappa shape index (κ2) is 11.5. The molecular formula is C29H27N5O3. The molecule has 2 aromatic heterocycles. The maximum atomic E-state index is 12.9. The predicted molar refractivity (Wildman–Crippen MR) is 142 cm³/mol. The number of pyridine rings is 1. The Bertz CT molecular complexity index is 1390. The minimum Gasteiger partial charge on any atom is -0.376 e. The van der Waals surface area contributed by atoms with Gasteiger partial charge in [0.1, 0.15) is 5.69 Å². The highest BCUT2D eigenvalue weighted by atomic mass is 16.5. The normalized spacial score (nSPS) is 15.1. The number of rotatable bonds is 8. The molecule has 0 bridgehead atoms. The van der Waals surface area contributed by atoms with E-state index in [0.29, 0.717) is 23.5 Å². The smallest absolute Gasteiger partial charge is 0.253 e. The van der Waals surface area contributed by atoms with Gasteiger partial charge in [-0.05, 0) is 55.3 Å². The van der Waals surface area contributed by atoms with E-state index in [9.17, 15) is 9.59 Å². The largest absolute Gasteiger partial charge is 0.376 e. The molecule has 1 unspecified atom stereocenters. The number of hydrogen-bond acceptors (Lipinski definition) is 5. The Morgan fingerprint density at radius 3 is 2.68 bits per heavy atom. The summed E-state index contributed by atoms with van der Waals surface area (Å²) in [6.07, 6.45) is 10.4. The Kier molecular flexibility index (Phi) is 7.47. The van der Waals surface area contributed by atoms with E-state index in [0.717, 1.165) is 36.3 Å². The summed E-state index contributed by atoms with van der Waals surface area (Å²) in [5.41, 5.74) is 4.04. The fourth-order valence-electron chi connectivity index (χ4n) is 4.19. The fourth-order valence-corrected chi connectivity index (χ4v) is 4.19. The molecule has 37 heavy (non-hydrogen) atoms. The Morgan fingerprint density at radius 1 is 1.05 bits per heavy atom. The van der Waals surface area contributed by atoms with Crippen molar-refractivity contribution < 1.29 is 14.3 Å². The average molecular weight is 494 g/mol. The number of amides is 2. The molecule has 0 saturated carbocycles. The molecule has 2 N–H and O–H groups in total. The lowest BCUT2D eigenvalue weighted by Gasteiger charge is -2.13. The van der Waals surface area contributed by atoms with Crippen LogP contribution in [-0.4, -0.2) is 45.8 Å². The summed E-state index contributed by atoms with van der Waals surface area (Å²) >= 11 is 0. The second-order valence-electron chi connectivity index (χ2n) is 8.67. The zero-order valence-corrected chi connectivity index (χ0v) is 20.2. The molecule has 0 radical (unpaired) electrons. The molecule has 4 aromatic rings. The maximum absolute atomic E-state index is 12.9. The van der Waals surface area contributed by atoms with E-state index in [-0.39, 0.29) is 17.9 Å². The van der Waals surface area contributed by atoms with Gasteiger partial charge in [-0.15, -0.1) is 0 Å². The summed E-state index contributed by atoms with van der Waals surface area (Å²) in [7, 11) is 0. The highest BCUT2D eigenvalue weighted by Crippen LogP contribution is 2.24. The first-order chi connectivity index (χ1) is 18.2. The summed E-state index contributed by atoms with van der Waals surface area (Å²) in [6.45, 7) is 1.18. The molecule has 1 aliphatic rings. The lowest BCUT2D eigenvalue weighted by molar-refractivity contribution is -0.111. The average Bonchev–Trinajstić information content (AvgIpc) is 3.62. The van der Waals surface area contributed by atoms with Gasteiger partial charge in [-0.1, -0.05) is 30.3 Å². The van der Waals surface area contributed by atoms with Gasteiger partial charge in [0.2, 0.25) is 5.91 Å². The van der Waals surface area contributed by atoms with Crippen molar-refractivity contribution in [2.24, 2.45) is 0 Å². The summed E-state index contributed by atoms with van der Waals surface area (Å²) in [5.74, 6) is -0.609. The molecule has 1 saturated heterocycles. The van der Waals surface area contributed by atoms with Crippen LogP contribution in [0.2, 0.25) is 0 Å². The van der Waals surface area contributed by atoms with Crippen molar-refractivity contribution in [2.45, 2.75) is 18.9 Å². The van der Waals surface area contributed by atoms with Crippen molar-refractivity contribution in [2.75, 3.05) is 18.5 Å². The third kappa shape index (κ3) is 5.99. The predicted octanol–water partition coefficient (Wildman–Crippen LogP) is 4.50. The lowest BCUT2D eigenvalue weighted by Crippen LogP contribution is -2.32. The number of para-hydroxylation sites is 2. The zero-order valence-electron chi connectivity index (χ0n) is 20.2. The van der Waals surface area contributed by atoms with Gasteiger partial charge < -0.3 is 15.4 Å². The Hall–Kier alpha value is -4.56.